The van der Waals surface area contributed by atoms with Gasteiger partial charge in [0.15, 0.2) is 0 Å². The van der Waals surface area contributed by atoms with E-state index in [-0.39, 0.29) is 11.6 Å². The standard InChI is InChI=1S/C15H22N2O2/c1-14(2,3)19-13(18)17(4)12-8-6-5-7-11(12)15(16)9-10-15/h5-8H,9-10,16H2,1-4H3. The fraction of sp³-hybridized carbons (Fsp3) is 0.533. The number of hydrogen-bond donors (Lipinski definition) is 1. The highest BCUT2D eigenvalue weighted by molar-refractivity contribution is 5.88. The monoisotopic (exact) mass is 262 g/mol. The van der Waals surface area contributed by atoms with Crippen LogP contribution in [0.15, 0.2) is 24.3 Å². The minimum absolute atomic E-state index is 0.271. The second-order valence-corrected chi connectivity index (χ2v) is 6.21. The van der Waals surface area contributed by atoms with E-state index >= 15 is 0 Å². The second-order valence-electron chi connectivity index (χ2n) is 6.21. The molecule has 2 rings (SSSR count). The fourth-order valence-corrected chi connectivity index (χ4v) is 2.02. The molecule has 1 saturated carbocycles. The van der Waals surface area contributed by atoms with Gasteiger partial charge in [-0.15, -0.1) is 0 Å². The third kappa shape index (κ3) is 3.07. The maximum atomic E-state index is 12.1. The Labute approximate surface area is 114 Å². The number of carbonyl (C=O) groups excluding carboxylic acids is 1. The van der Waals surface area contributed by atoms with Crippen molar-refractivity contribution in [1.82, 2.24) is 0 Å². The SMILES string of the molecule is CN(C(=O)OC(C)(C)C)c1ccccc1C1(N)CC1. The average Bonchev–Trinajstić information content (AvgIpc) is 3.05. The van der Waals surface area contributed by atoms with Gasteiger partial charge in [0.05, 0.1) is 5.69 Å². The number of carbonyl (C=O) groups is 1. The maximum absolute atomic E-state index is 12.1. The van der Waals surface area contributed by atoms with Crippen LogP contribution in [-0.2, 0) is 10.3 Å². The second kappa shape index (κ2) is 4.53. The number of para-hydroxylation sites is 1. The van der Waals surface area contributed by atoms with Gasteiger partial charge in [0.2, 0.25) is 0 Å². The quantitative estimate of drug-likeness (QED) is 0.891. The van der Waals surface area contributed by atoms with E-state index in [2.05, 4.69) is 0 Å². The number of rotatable bonds is 2. The minimum Gasteiger partial charge on any atom is -0.443 e. The molecule has 4 heteroatoms. The first-order chi connectivity index (χ1) is 8.73. The van der Waals surface area contributed by atoms with Crippen molar-refractivity contribution in [3.05, 3.63) is 29.8 Å². The molecule has 0 saturated heterocycles. The van der Waals surface area contributed by atoms with Crippen LogP contribution in [0, 0.1) is 0 Å². The summed E-state index contributed by atoms with van der Waals surface area (Å²) >= 11 is 0. The van der Waals surface area contributed by atoms with E-state index in [1.165, 1.54) is 4.90 Å². The first-order valence-electron chi connectivity index (χ1n) is 6.58. The molecule has 0 aromatic heterocycles. The Hall–Kier alpha value is -1.55. The number of amides is 1. The number of nitrogens with zero attached hydrogens (tertiary/aromatic N) is 1. The maximum Gasteiger partial charge on any atom is 0.414 e. The van der Waals surface area contributed by atoms with Gasteiger partial charge in [-0.05, 0) is 45.2 Å². The molecule has 1 fully saturated rings. The summed E-state index contributed by atoms with van der Waals surface area (Å²) in [5.41, 5.74) is 7.33. The smallest absolute Gasteiger partial charge is 0.414 e. The Morgan fingerprint density at radius 3 is 2.42 bits per heavy atom. The number of anilines is 1. The van der Waals surface area contributed by atoms with E-state index in [4.69, 9.17) is 10.5 Å². The molecule has 0 atom stereocenters. The lowest BCUT2D eigenvalue weighted by Gasteiger charge is -2.27. The van der Waals surface area contributed by atoms with Gasteiger partial charge in [0, 0.05) is 12.6 Å². The topological polar surface area (TPSA) is 55.6 Å². The lowest BCUT2D eigenvalue weighted by molar-refractivity contribution is 0.0589. The van der Waals surface area contributed by atoms with Gasteiger partial charge in [0.25, 0.3) is 0 Å². The van der Waals surface area contributed by atoms with Crippen molar-refractivity contribution >= 4 is 11.8 Å². The van der Waals surface area contributed by atoms with Crippen molar-refractivity contribution in [2.24, 2.45) is 5.73 Å². The van der Waals surface area contributed by atoms with Crippen LogP contribution in [0.1, 0.15) is 39.2 Å². The van der Waals surface area contributed by atoms with E-state index in [0.29, 0.717) is 0 Å². The summed E-state index contributed by atoms with van der Waals surface area (Å²) in [5.74, 6) is 0. The van der Waals surface area contributed by atoms with Gasteiger partial charge < -0.3 is 10.5 Å². The van der Waals surface area contributed by atoms with Crippen LogP contribution in [0.4, 0.5) is 10.5 Å². The number of ether oxygens (including phenoxy) is 1. The van der Waals surface area contributed by atoms with Gasteiger partial charge >= 0.3 is 6.09 Å². The third-order valence-corrected chi connectivity index (χ3v) is 3.26. The van der Waals surface area contributed by atoms with Crippen LogP contribution < -0.4 is 10.6 Å². The summed E-state index contributed by atoms with van der Waals surface area (Å²) in [4.78, 5) is 13.7. The Bertz CT molecular complexity index is 487. The molecule has 0 unspecified atom stereocenters. The van der Waals surface area contributed by atoms with E-state index in [1.54, 1.807) is 7.05 Å². The molecular formula is C15H22N2O2. The van der Waals surface area contributed by atoms with E-state index < -0.39 is 5.60 Å². The first-order valence-corrected chi connectivity index (χ1v) is 6.58. The van der Waals surface area contributed by atoms with Gasteiger partial charge in [-0.1, -0.05) is 18.2 Å². The predicted molar refractivity (Wildman–Crippen MR) is 76.2 cm³/mol. The lowest BCUT2D eigenvalue weighted by atomic mass is 10.0. The Kier molecular flexibility index (Phi) is 3.31. The molecule has 1 amide bonds. The zero-order valence-corrected chi connectivity index (χ0v) is 12.1. The molecular weight excluding hydrogens is 240 g/mol. The van der Waals surface area contributed by atoms with Crippen molar-refractivity contribution in [2.75, 3.05) is 11.9 Å². The van der Waals surface area contributed by atoms with Crippen molar-refractivity contribution in [2.45, 2.75) is 44.8 Å². The molecule has 19 heavy (non-hydrogen) atoms. The zero-order valence-electron chi connectivity index (χ0n) is 12.1. The Morgan fingerprint density at radius 2 is 1.89 bits per heavy atom. The summed E-state index contributed by atoms with van der Waals surface area (Å²) in [6.07, 6.45) is 1.57. The van der Waals surface area contributed by atoms with Crippen molar-refractivity contribution in [3.8, 4) is 0 Å². The molecule has 1 aromatic carbocycles. The molecule has 4 nitrogen and oxygen atoms in total. The Balaban J connectivity index is 2.24. The summed E-state index contributed by atoms with van der Waals surface area (Å²) in [6, 6.07) is 7.76. The molecule has 1 aliphatic rings. The zero-order chi connectivity index (χ0) is 14.3. The predicted octanol–water partition coefficient (Wildman–Crippen LogP) is 3.01. The molecule has 0 bridgehead atoms. The summed E-state index contributed by atoms with van der Waals surface area (Å²) in [5, 5.41) is 0. The van der Waals surface area contributed by atoms with Gasteiger partial charge in [0.1, 0.15) is 5.60 Å². The number of nitrogens with two attached hydrogens (primary N) is 1. The van der Waals surface area contributed by atoms with Crippen LogP contribution in [-0.4, -0.2) is 18.7 Å². The number of hydrogen-bond acceptors (Lipinski definition) is 3. The largest absolute Gasteiger partial charge is 0.443 e. The highest BCUT2D eigenvalue weighted by atomic mass is 16.6. The summed E-state index contributed by atoms with van der Waals surface area (Å²) in [6.45, 7) is 5.57. The van der Waals surface area contributed by atoms with Gasteiger partial charge in [-0.25, -0.2) is 4.79 Å². The fourth-order valence-electron chi connectivity index (χ4n) is 2.02. The van der Waals surface area contributed by atoms with E-state index in [0.717, 1.165) is 24.1 Å². The summed E-state index contributed by atoms with van der Waals surface area (Å²) in [7, 11) is 1.72. The first kappa shape index (κ1) is 13.9. The molecule has 0 radical (unpaired) electrons. The molecule has 2 N–H and O–H groups in total. The van der Waals surface area contributed by atoms with Crippen LogP contribution in [0.2, 0.25) is 0 Å². The Morgan fingerprint density at radius 1 is 1.32 bits per heavy atom. The molecule has 104 valence electrons. The molecule has 1 aliphatic carbocycles. The minimum atomic E-state index is -0.500. The van der Waals surface area contributed by atoms with Crippen LogP contribution in [0.3, 0.4) is 0 Å². The van der Waals surface area contributed by atoms with E-state index in [1.807, 2.05) is 45.0 Å². The molecule has 0 heterocycles. The van der Waals surface area contributed by atoms with Crippen molar-refractivity contribution < 1.29 is 9.53 Å². The van der Waals surface area contributed by atoms with Gasteiger partial charge in [-0.3, -0.25) is 4.90 Å². The number of benzene rings is 1. The lowest BCUT2D eigenvalue weighted by Crippen LogP contribution is -2.35. The average molecular weight is 262 g/mol. The van der Waals surface area contributed by atoms with Crippen LogP contribution in [0.25, 0.3) is 0 Å². The summed E-state index contributed by atoms with van der Waals surface area (Å²) < 4.78 is 5.39. The van der Waals surface area contributed by atoms with Gasteiger partial charge in [-0.2, -0.15) is 0 Å². The highest BCUT2D eigenvalue weighted by Gasteiger charge is 2.42. The van der Waals surface area contributed by atoms with Crippen LogP contribution in [0.5, 0.6) is 0 Å². The van der Waals surface area contributed by atoms with E-state index in [9.17, 15) is 4.79 Å². The molecule has 1 aromatic rings. The third-order valence-electron chi connectivity index (χ3n) is 3.26. The highest BCUT2D eigenvalue weighted by Crippen LogP contribution is 2.46. The van der Waals surface area contributed by atoms with Crippen molar-refractivity contribution in [1.29, 1.82) is 0 Å². The normalized spacial score (nSPS) is 16.9. The van der Waals surface area contributed by atoms with Crippen molar-refractivity contribution in [3.63, 3.8) is 0 Å². The molecule has 0 aliphatic heterocycles. The van der Waals surface area contributed by atoms with Crippen LogP contribution >= 0.6 is 0 Å². The molecule has 0 spiro atoms.